The van der Waals surface area contributed by atoms with Crippen LogP contribution in [-0.2, 0) is 26.0 Å². The van der Waals surface area contributed by atoms with Gasteiger partial charge in [0.25, 0.3) is 0 Å². The molecule has 0 aromatic heterocycles. The zero-order chi connectivity index (χ0) is 15.9. The van der Waals surface area contributed by atoms with E-state index < -0.39 is 36.5 Å². The molecule has 2 rings (SSSR count). The molecule has 5 nitrogen and oxygen atoms in total. The first-order valence-electron chi connectivity index (χ1n) is 5.90. The predicted molar refractivity (Wildman–Crippen MR) is 68.9 cm³/mol. The lowest BCUT2D eigenvalue weighted by molar-refractivity contribution is -0.137. The SMILES string of the molecule is O=S1(=O)CCN(S(=O)(=O)c2cccc(C(F)(F)F)c2)CC1. The summed E-state index contributed by atoms with van der Waals surface area (Å²) in [6.07, 6.45) is -4.64. The van der Waals surface area contributed by atoms with Gasteiger partial charge in [-0.15, -0.1) is 0 Å². The zero-order valence-corrected chi connectivity index (χ0v) is 12.3. The number of alkyl halides is 3. The predicted octanol–water partition coefficient (Wildman–Crippen LogP) is 1.12. The second-order valence-electron chi connectivity index (χ2n) is 4.58. The molecule has 118 valence electrons. The van der Waals surface area contributed by atoms with Crippen molar-refractivity contribution in [2.45, 2.75) is 11.1 Å². The number of sulfonamides is 1. The Bertz CT molecular complexity index is 727. The summed E-state index contributed by atoms with van der Waals surface area (Å²) in [6.45, 7) is -0.498. The van der Waals surface area contributed by atoms with Gasteiger partial charge in [-0.2, -0.15) is 17.5 Å². The highest BCUT2D eigenvalue weighted by molar-refractivity contribution is 7.92. The first kappa shape index (κ1) is 16.2. The summed E-state index contributed by atoms with van der Waals surface area (Å²) in [7, 11) is -7.40. The van der Waals surface area contributed by atoms with Crippen LogP contribution in [0.25, 0.3) is 0 Å². The lowest BCUT2D eigenvalue weighted by Gasteiger charge is -2.26. The van der Waals surface area contributed by atoms with E-state index in [0.717, 1.165) is 22.5 Å². The molecule has 0 atom stereocenters. The lowest BCUT2D eigenvalue weighted by atomic mass is 10.2. The summed E-state index contributed by atoms with van der Waals surface area (Å²) < 4.78 is 85.8. The molecule has 1 saturated heterocycles. The lowest BCUT2D eigenvalue weighted by Crippen LogP contribution is -2.43. The average Bonchev–Trinajstić information content (AvgIpc) is 2.37. The summed E-state index contributed by atoms with van der Waals surface area (Å²) >= 11 is 0. The Morgan fingerprint density at radius 2 is 1.67 bits per heavy atom. The van der Waals surface area contributed by atoms with Gasteiger partial charge in [0, 0.05) is 13.1 Å². The number of rotatable bonds is 2. The van der Waals surface area contributed by atoms with Crippen molar-refractivity contribution in [3.05, 3.63) is 29.8 Å². The number of hydrogen-bond donors (Lipinski definition) is 0. The van der Waals surface area contributed by atoms with Crippen molar-refractivity contribution in [2.24, 2.45) is 0 Å². The topological polar surface area (TPSA) is 71.5 Å². The Labute approximate surface area is 120 Å². The first-order valence-corrected chi connectivity index (χ1v) is 9.16. The minimum Gasteiger partial charge on any atom is -0.229 e. The molecule has 0 saturated carbocycles. The maximum absolute atomic E-state index is 12.6. The van der Waals surface area contributed by atoms with Crippen LogP contribution in [0.5, 0.6) is 0 Å². The van der Waals surface area contributed by atoms with Crippen LogP contribution in [0.1, 0.15) is 5.56 Å². The molecule has 1 aliphatic heterocycles. The number of hydrogen-bond acceptors (Lipinski definition) is 4. The van der Waals surface area contributed by atoms with Crippen molar-refractivity contribution < 1.29 is 30.0 Å². The van der Waals surface area contributed by atoms with Crippen molar-refractivity contribution in [2.75, 3.05) is 24.6 Å². The van der Waals surface area contributed by atoms with E-state index in [2.05, 4.69) is 0 Å². The van der Waals surface area contributed by atoms with E-state index in [1.165, 1.54) is 0 Å². The Balaban J connectivity index is 2.33. The fourth-order valence-corrected chi connectivity index (χ4v) is 4.84. The van der Waals surface area contributed by atoms with Gasteiger partial charge in [-0.3, -0.25) is 0 Å². The molecular formula is C11H12F3NO4S2. The summed E-state index contributed by atoms with van der Waals surface area (Å²) in [5.74, 6) is -0.656. The number of sulfone groups is 1. The third kappa shape index (κ3) is 3.55. The van der Waals surface area contributed by atoms with Crippen LogP contribution in [0.4, 0.5) is 13.2 Å². The summed E-state index contributed by atoms with van der Waals surface area (Å²) in [6, 6.07) is 3.40. The number of nitrogens with zero attached hydrogens (tertiary/aromatic N) is 1. The normalized spacial score (nSPS) is 20.3. The third-order valence-corrected chi connectivity index (χ3v) is 6.61. The van der Waals surface area contributed by atoms with Gasteiger partial charge in [0.05, 0.1) is 22.0 Å². The van der Waals surface area contributed by atoms with E-state index in [9.17, 15) is 30.0 Å². The molecule has 1 fully saturated rings. The highest BCUT2D eigenvalue weighted by Gasteiger charge is 2.34. The smallest absolute Gasteiger partial charge is 0.229 e. The van der Waals surface area contributed by atoms with Crippen LogP contribution < -0.4 is 0 Å². The van der Waals surface area contributed by atoms with Crippen molar-refractivity contribution in [1.82, 2.24) is 4.31 Å². The van der Waals surface area contributed by atoms with Gasteiger partial charge in [-0.05, 0) is 18.2 Å². The van der Waals surface area contributed by atoms with Crippen LogP contribution >= 0.6 is 0 Å². The van der Waals surface area contributed by atoms with Crippen LogP contribution in [0.3, 0.4) is 0 Å². The molecule has 0 unspecified atom stereocenters. The second-order valence-corrected chi connectivity index (χ2v) is 8.82. The monoisotopic (exact) mass is 343 g/mol. The van der Waals surface area contributed by atoms with Gasteiger partial charge in [-0.1, -0.05) is 6.07 Å². The zero-order valence-electron chi connectivity index (χ0n) is 10.7. The Morgan fingerprint density at radius 3 is 2.19 bits per heavy atom. The molecule has 0 radical (unpaired) electrons. The molecule has 0 spiro atoms. The summed E-state index contributed by atoms with van der Waals surface area (Å²) in [5, 5.41) is 0. The highest BCUT2D eigenvalue weighted by atomic mass is 32.2. The van der Waals surface area contributed by atoms with Gasteiger partial charge in [0.2, 0.25) is 10.0 Å². The van der Waals surface area contributed by atoms with Gasteiger partial charge in [0.1, 0.15) is 0 Å². The largest absolute Gasteiger partial charge is 0.416 e. The van der Waals surface area contributed by atoms with Crippen LogP contribution in [0.2, 0.25) is 0 Å². The Hall–Kier alpha value is -1.13. The second kappa shape index (κ2) is 5.25. The van der Waals surface area contributed by atoms with Crippen LogP contribution in [-0.4, -0.2) is 45.7 Å². The van der Waals surface area contributed by atoms with Gasteiger partial charge in [0.15, 0.2) is 9.84 Å². The van der Waals surface area contributed by atoms with Crippen LogP contribution in [0, 0.1) is 0 Å². The van der Waals surface area contributed by atoms with Crippen LogP contribution in [0.15, 0.2) is 29.2 Å². The van der Waals surface area contributed by atoms with Crippen molar-refractivity contribution in [3.8, 4) is 0 Å². The minimum absolute atomic E-state index is 0.249. The molecule has 0 amide bonds. The third-order valence-electron chi connectivity index (χ3n) is 3.10. The molecular weight excluding hydrogens is 331 g/mol. The Morgan fingerprint density at radius 1 is 1.10 bits per heavy atom. The molecule has 1 heterocycles. The molecule has 0 N–H and O–H groups in total. The molecule has 1 aromatic rings. The van der Waals surface area contributed by atoms with E-state index in [0.29, 0.717) is 6.07 Å². The first-order chi connectivity index (χ1) is 9.52. The van der Waals surface area contributed by atoms with Crippen molar-refractivity contribution in [1.29, 1.82) is 0 Å². The van der Waals surface area contributed by atoms with E-state index in [-0.39, 0.29) is 24.6 Å². The molecule has 21 heavy (non-hydrogen) atoms. The van der Waals surface area contributed by atoms with E-state index in [1.54, 1.807) is 0 Å². The molecule has 0 aliphatic carbocycles. The fourth-order valence-electron chi connectivity index (χ4n) is 1.92. The number of halogens is 3. The fraction of sp³-hybridized carbons (Fsp3) is 0.455. The van der Waals surface area contributed by atoms with Gasteiger partial charge >= 0.3 is 6.18 Å². The van der Waals surface area contributed by atoms with Gasteiger partial charge < -0.3 is 0 Å². The van der Waals surface area contributed by atoms with Gasteiger partial charge in [-0.25, -0.2) is 16.8 Å². The molecule has 10 heteroatoms. The van der Waals surface area contributed by atoms with E-state index >= 15 is 0 Å². The highest BCUT2D eigenvalue weighted by Crippen LogP contribution is 2.31. The maximum atomic E-state index is 12.6. The Kier molecular flexibility index (Phi) is 4.06. The molecule has 0 bridgehead atoms. The van der Waals surface area contributed by atoms with E-state index in [4.69, 9.17) is 0 Å². The summed E-state index contributed by atoms with van der Waals surface area (Å²) in [5.41, 5.74) is -1.06. The van der Waals surface area contributed by atoms with Crippen molar-refractivity contribution in [3.63, 3.8) is 0 Å². The molecule has 1 aromatic carbocycles. The average molecular weight is 343 g/mol. The quantitative estimate of drug-likeness (QED) is 0.807. The standard InChI is InChI=1S/C11H12F3NO4S2/c12-11(13,14)9-2-1-3-10(8-9)21(18,19)15-4-6-20(16,17)7-5-15/h1-3,8H,4-7H2. The summed E-state index contributed by atoms with van der Waals surface area (Å²) in [4.78, 5) is -0.489. The van der Waals surface area contributed by atoms with Crippen molar-refractivity contribution >= 4 is 19.9 Å². The molecule has 1 aliphatic rings. The maximum Gasteiger partial charge on any atom is 0.416 e. The number of benzene rings is 1. The van der Waals surface area contributed by atoms with E-state index in [1.807, 2.05) is 0 Å². The minimum atomic E-state index is -4.64.